The van der Waals surface area contributed by atoms with E-state index in [9.17, 15) is 14.4 Å². The molecule has 2 amide bonds. The molecule has 0 radical (unpaired) electrons. The summed E-state index contributed by atoms with van der Waals surface area (Å²) >= 11 is 0. The molecule has 3 aliphatic carbocycles. The summed E-state index contributed by atoms with van der Waals surface area (Å²) in [7, 11) is 0. The third-order valence-corrected chi connectivity index (χ3v) is 9.50. The Kier molecular flexibility index (Phi) is 10.6. The van der Waals surface area contributed by atoms with Crippen molar-refractivity contribution < 1.29 is 23.9 Å². The number of nitrogens with one attached hydrogen (secondary N) is 1. The number of amides is 2. The number of esters is 2. The number of carbonyl (C=O) groups is 3. The van der Waals surface area contributed by atoms with Crippen LogP contribution in [-0.2, 0) is 19.1 Å². The molecule has 0 saturated heterocycles. The SMILES string of the molecule is CC1=C/C(=N\NC(N)=O)[C@@H](C(=O)O[C@@H]2C[C@H](C)CC[C@@H]2C(C)C)[C@@H](C)[C@H]1C(=O)O[C@@H]1C[C@H](C)CC[C@H]1C(C)C. The van der Waals surface area contributed by atoms with Crippen LogP contribution in [0.5, 0.6) is 0 Å². The van der Waals surface area contributed by atoms with Gasteiger partial charge in [-0.2, -0.15) is 5.10 Å². The topological polar surface area (TPSA) is 120 Å². The molecule has 0 spiro atoms. The highest BCUT2D eigenvalue weighted by Crippen LogP contribution is 2.41. The van der Waals surface area contributed by atoms with Gasteiger partial charge in [0.05, 0.1) is 11.6 Å². The van der Waals surface area contributed by atoms with Crippen molar-refractivity contribution in [3.63, 3.8) is 0 Å². The first-order valence-electron chi connectivity index (χ1n) is 15.0. The molecule has 2 fully saturated rings. The average molecular weight is 546 g/mol. The number of nitrogens with two attached hydrogens (primary N) is 1. The first-order chi connectivity index (χ1) is 18.3. The first kappa shape index (κ1) is 31.2. The van der Waals surface area contributed by atoms with Crippen LogP contribution in [0.15, 0.2) is 16.8 Å². The number of hydrogen-bond donors (Lipinski definition) is 2. The largest absolute Gasteiger partial charge is 0.462 e. The number of carbonyl (C=O) groups excluding carboxylic acids is 3. The summed E-state index contributed by atoms with van der Waals surface area (Å²) in [5.74, 6) is -0.198. The number of nitrogens with zero attached hydrogens (tertiary/aromatic N) is 1. The normalized spacial score (nSPS) is 36.4. The minimum Gasteiger partial charge on any atom is -0.462 e. The maximum atomic E-state index is 13.8. The van der Waals surface area contributed by atoms with Crippen molar-refractivity contribution in [2.75, 3.05) is 0 Å². The minimum absolute atomic E-state index is 0.131. The molecule has 0 aliphatic heterocycles. The maximum Gasteiger partial charge on any atom is 0.332 e. The van der Waals surface area contributed by atoms with Gasteiger partial charge in [0, 0.05) is 0 Å². The van der Waals surface area contributed by atoms with Crippen molar-refractivity contribution >= 4 is 23.7 Å². The molecule has 9 atom stereocenters. The van der Waals surface area contributed by atoms with E-state index in [-0.39, 0.29) is 24.1 Å². The molecule has 0 heterocycles. The Morgan fingerprint density at radius 2 is 1.31 bits per heavy atom. The molecule has 0 aromatic heterocycles. The molecule has 8 heteroatoms. The van der Waals surface area contributed by atoms with E-state index in [0.717, 1.165) is 44.1 Å². The number of hydrogen-bond acceptors (Lipinski definition) is 6. The minimum atomic E-state index is -0.825. The van der Waals surface area contributed by atoms with Gasteiger partial charge in [0.25, 0.3) is 0 Å². The lowest BCUT2D eigenvalue weighted by atomic mass is 9.71. The molecule has 220 valence electrons. The molecule has 3 N–H and O–H groups in total. The fourth-order valence-corrected chi connectivity index (χ4v) is 7.19. The van der Waals surface area contributed by atoms with Crippen molar-refractivity contribution in [2.24, 2.45) is 64.1 Å². The van der Waals surface area contributed by atoms with Crippen molar-refractivity contribution in [1.82, 2.24) is 5.43 Å². The average Bonchev–Trinajstić information content (AvgIpc) is 2.82. The highest BCUT2D eigenvalue weighted by Gasteiger charge is 2.46. The van der Waals surface area contributed by atoms with Crippen LogP contribution in [0.25, 0.3) is 0 Å². The van der Waals surface area contributed by atoms with Crippen LogP contribution in [0.4, 0.5) is 4.79 Å². The summed E-state index contributed by atoms with van der Waals surface area (Å²) in [6.45, 7) is 16.8. The second-order valence-electron chi connectivity index (χ2n) is 13.3. The molecule has 0 unspecified atom stereocenters. The molecule has 0 bridgehead atoms. The van der Waals surface area contributed by atoms with Crippen LogP contribution in [0.2, 0.25) is 0 Å². The number of rotatable bonds is 7. The Morgan fingerprint density at radius 1 is 0.846 bits per heavy atom. The van der Waals surface area contributed by atoms with Gasteiger partial charge < -0.3 is 15.2 Å². The Balaban J connectivity index is 1.88. The second kappa shape index (κ2) is 13.3. The molecule has 8 nitrogen and oxygen atoms in total. The summed E-state index contributed by atoms with van der Waals surface area (Å²) in [6, 6.07) is -0.818. The summed E-state index contributed by atoms with van der Waals surface area (Å²) < 4.78 is 12.4. The van der Waals surface area contributed by atoms with Crippen molar-refractivity contribution in [3.05, 3.63) is 11.6 Å². The lowest BCUT2D eigenvalue weighted by molar-refractivity contribution is -0.165. The van der Waals surface area contributed by atoms with E-state index < -0.39 is 29.8 Å². The Bertz CT molecular complexity index is 958. The molecule has 2 saturated carbocycles. The molecule has 0 aromatic rings. The highest BCUT2D eigenvalue weighted by molar-refractivity contribution is 6.11. The molecular formula is C31H51N3O5. The third kappa shape index (κ3) is 7.63. The summed E-state index contributed by atoms with van der Waals surface area (Å²) in [5, 5.41) is 4.17. The number of hydrazone groups is 1. The predicted octanol–water partition coefficient (Wildman–Crippen LogP) is 5.85. The van der Waals surface area contributed by atoms with Crippen molar-refractivity contribution in [1.29, 1.82) is 0 Å². The molecular weight excluding hydrogens is 494 g/mol. The third-order valence-electron chi connectivity index (χ3n) is 9.50. The molecule has 3 aliphatic rings. The van der Waals surface area contributed by atoms with E-state index in [1.54, 1.807) is 6.08 Å². The smallest absolute Gasteiger partial charge is 0.332 e. The highest BCUT2D eigenvalue weighted by atomic mass is 16.5. The quantitative estimate of drug-likeness (QED) is 0.307. The summed E-state index contributed by atoms with van der Waals surface area (Å²) in [5.41, 5.74) is 8.65. The van der Waals surface area contributed by atoms with E-state index in [2.05, 4.69) is 52.1 Å². The maximum absolute atomic E-state index is 13.8. The van der Waals surface area contributed by atoms with Crippen LogP contribution in [0.3, 0.4) is 0 Å². The van der Waals surface area contributed by atoms with Crippen LogP contribution in [0.1, 0.15) is 93.9 Å². The van der Waals surface area contributed by atoms with E-state index in [1.165, 1.54) is 0 Å². The van der Waals surface area contributed by atoms with Gasteiger partial charge >= 0.3 is 18.0 Å². The van der Waals surface area contributed by atoms with Gasteiger partial charge in [0.2, 0.25) is 0 Å². The van der Waals surface area contributed by atoms with Crippen LogP contribution in [-0.4, -0.2) is 35.9 Å². The van der Waals surface area contributed by atoms with Gasteiger partial charge in [-0.05, 0) is 80.1 Å². The first-order valence-corrected chi connectivity index (χ1v) is 15.0. The van der Waals surface area contributed by atoms with Gasteiger partial charge in [-0.15, -0.1) is 0 Å². The lowest BCUT2D eigenvalue weighted by Gasteiger charge is -2.40. The molecule has 39 heavy (non-hydrogen) atoms. The van der Waals surface area contributed by atoms with Crippen LogP contribution >= 0.6 is 0 Å². The standard InChI is InChI=1S/C31H51N3O5/c1-16(2)22-11-9-18(5)13-25(22)38-29(35)27-20(7)15-24(33-34-31(32)37)28(21(27)8)30(36)39-26-14-19(6)10-12-23(26)17(3)4/h15-19,21-23,25-28H,9-14H2,1-8H3,(H3,32,34,37)/b33-24+/t18-,19-,21+,22+,23-,25-,26-,27+,28+/m1/s1. The van der Waals surface area contributed by atoms with Gasteiger partial charge in [-0.25, -0.2) is 10.2 Å². The van der Waals surface area contributed by atoms with Crippen LogP contribution < -0.4 is 11.2 Å². The van der Waals surface area contributed by atoms with Gasteiger partial charge in [-0.1, -0.05) is 66.9 Å². The fraction of sp³-hybridized carbons (Fsp3) is 0.806. The fourth-order valence-electron chi connectivity index (χ4n) is 7.19. The Morgan fingerprint density at radius 3 is 1.74 bits per heavy atom. The zero-order valence-corrected chi connectivity index (χ0v) is 25.2. The van der Waals surface area contributed by atoms with E-state index in [1.807, 2.05) is 13.8 Å². The number of allylic oxidation sites excluding steroid dienone is 1. The van der Waals surface area contributed by atoms with Gasteiger partial charge in [0.1, 0.15) is 18.1 Å². The van der Waals surface area contributed by atoms with Gasteiger partial charge in [0.15, 0.2) is 0 Å². The lowest BCUT2D eigenvalue weighted by Crippen LogP contribution is -2.46. The molecule has 0 aromatic carbocycles. The van der Waals surface area contributed by atoms with E-state index >= 15 is 0 Å². The monoisotopic (exact) mass is 545 g/mol. The summed E-state index contributed by atoms with van der Waals surface area (Å²) in [4.78, 5) is 39.0. The number of ether oxygens (including phenoxy) is 2. The van der Waals surface area contributed by atoms with E-state index in [0.29, 0.717) is 35.3 Å². The number of urea groups is 1. The molecule has 3 rings (SSSR count). The predicted molar refractivity (Wildman–Crippen MR) is 153 cm³/mol. The van der Waals surface area contributed by atoms with Crippen molar-refractivity contribution in [3.8, 4) is 0 Å². The number of primary amides is 1. The Hall–Kier alpha value is -2.38. The zero-order valence-electron chi connectivity index (χ0n) is 25.2. The zero-order chi connectivity index (χ0) is 29.0. The second-order valence-corrected chi connectivity index (χ2v) is 13.3. The van der Waals surface area contributed by atoms with Gasteiger partial charge in [-0.3, -0.25) is 9.59 Å². The Labute approximate surface area is 234 Å². The van der Waals surface area contributed by atoms with E-state index in [4.69, 9.17) is 15.2 Å². The summed E-state index contributed by atoms with van der Waals surface area (Å²) in [6.07, 6.45) is 7.40. The van der Waals surface area contributed by atoms with Crippen LogP contribution in [0, 0.1) is 53.3 Å². The van der Waals surface area contributed by atoms with Crippen molar-refractivity contribution in [2.45, 2.75) is 106 Å².